The van der Waals surface area contributed by atoms with Gasteiger partial charge in [-0.15, -0.1) is 0 Å². The second-order valence-corrected chi connectivity index (χ2v) is 12.3. The van der Waals surface area contributed by atoms with Crippen molar-refractivity contribution in [3.8, 4) is 0 Å². The number of likely N-dealkylation sites (tertiary alicyclic amines) is 1. The summed E-state index contributed by atoms with van der Waals surface area (Å²) in [7, 11) is 0. The van der Waals surface area contributed by atoms with Gasteiger partial charge >= 0.3 is 0 Å². The third kappa shape index (κ3) is 6.40. The van der Waals surface area contributed by atoms with Gasteiger partial charge in [-0.25, -0.2) is 4.39 Å². The normalized spacial score (nSPS) is 23.8. The highest BCUT2D eigenvalue weighted by Crippen LogP contribution is 2.35. The monoisotopic (exact) mass is 533 g/mol. The summed E-state index contributed by atoms with van der Waals surface area (Å²) in [4.78, 5) is 42.0. The number of halogens is 1. The van der Waals surface area contributed by atoms with Gasteiger partial charge in [-0.1, -0.05) is 0 Å². The lowest BCUT2D eigenvalue weighted by molar-refractivity contribution is -0.132. The maximum atomic E-state index is 13.2. The summed E-state index contributed by atoms with van der Waals surface area (Å²) < 4.78 is 13.2. The first kappa shape index (κ1) is 27.5. The van der Waals surface area contributed by atoms with Crippen LogP contribution in [-0.2, 0) is 4.79 Å². The van der Waals surface area contributed by atoms with Gasteiger partial charge in [-0.2, -0.15) is 0 Å². The van der Waals surface area contributed by atoms with E-state index in [9.17, 15) is 18.8 Å². The molecular weight excluding hydrogens is 493 g/mol. The van der Waals surface area contributed by atoms with E-state index in [1.165, 1.54) is 12.1 Å². The molecule has 0 aromatic heterocycles. The molecule has 1 N–H and O–H groups in total. The van der Waals surface area contributed by atoms with Gasteiger partial charge in [0.25, 0.3) is 5.91 Å². The molecule has 2 aliphatic heterocycles. The van der Waals surface area contributed by atoms with E-state index in [-0.39, 0.29) is 40.8 Å². The van der Waals surface area contributed by atoms with Crippen LogP contribution in [0.4, 0.5) is 10.1 Å². The molecular formula is C32H40FN3O3. The number of piperidine rings is 1. The number of ketones is 1. The van der Waals surface area contributed by atoms with E-state index in [2.05, 4.69) is 10.2 Å². The van der Waals surface area contributed by atoms with Gasteiger partial charge in [0.2, 0.25) is 5.91 Å². The molecule has 7 heteroatoms. The molecule has 1 saturated carbocycles. The number of benzene rings is 2. The molecule has 6 nitrogen and oxygen atoms in total. The van der Waals surface area contributed by atoms with Crippen molar-refractivity contribution in [3.05, 3.63) is 65.5 Å². The van der Waals surface area contributed by atoms with Gasteiger partial charge in [-0.05, 0) is 133 Å². The number of Topliss-reactive ketones (excluding diaryl/α,β-unsaturated/α-hetero) is 1. The fourth-order valence-electron chi connectivity index (χ4n) is 6.31. The van der Waals surface area contributed by atoms with Crippen LogP contribution in [-0.4, -0.2) is 54.7 Å². The molecule has 2 heterocycles. The number of hydrogen-bond donors (Lipinski definition) is 1. The van der Waals surface area contributed by atoms with Crippen molar-refractivity contribution in [1.82, 2.24) is 10.2 Å². The molecule has 0 spiro atoms. The number of carbonyl (C=O) groups is 3. The zero-order valence-electron chi connectivity index (χ0n) is 23.1. The number of carbonyl (C=O) groups excluding carboxylic acids is 3. The van der Waals surface area contributed by atoms with Crippen LogP contribution in [0.25, 0.3) is 0 Å². The molecule has 39 heavy (non-hydrogen) atoms. The van der Waals surface area contributed by atoms with Crippen LogP contribution in [0.1, 0.15) is 79.5 Å². The number of nitrogens with one attached hydrogen (secondary N) is 1. The summed E-state index contributed by atoms with van der Waals surface area (Å²) >= 11 is 0. The average molecular weight is 534 g/mol. The Kier molecular flexibility index (Phi) is 8.17. The van der Waals surface area contributed by atoms with Gasteiger partial charge in [-0.3, -0.25) is 14.4 Å². The molecule has 3 fully saturated rings. The van der Waals surface area contributed by atoms with Gasteiger partial charge < -0.3 is 15.1 Å². The fourth-order valence-corrected chi connectivity index (χ4v) is 6.31. The van der Waals surface area contributed by atoms with Crippen molar-refractivity contribution in [3.63, 3.8) is 0 Å². The summed E-state index contributed by atoms with van der Waals surface area (Å²) in [6.07, 6.45) is 7.13. The fraction of sp³-hybridized carbons (Fsp3) is 0.531. The van der Waals surface area contributed by atoms with Crippen LogP contribution in [0.5, 0.6) is 0 Å². The molecule has 2 aromatic carbocycles. The lowest BCUT2D eigenvalue weighted by Gasteiger charge is -2.44. The maximum Gasteiger partial charge on any atom is 0.251 e. The van der Waals surface area contributed by atoms with Crippen LogP contribution in [0, 0.1) is 23.1 Å². The number of β-lactam (4-membered cyclic amide) rings is 1. The predicted octanol–water partition coefficient (Wildman–Crippen LogP) is 5.47. The summed E-state index contributed by atoms with van der Waals surface area (Å²) in [5.74, 6) is 0.619. The Hall–Kier alpha value is -3.06. The Morgan fingerprint density at radius 2 is 1.51 bits per heavy atom. The smallest absolute Gasteiger partial charge is 0.251 e. The van der Waals surface area contributed by atoms with Crippen LogP contribution in [0.15, 0.2) is 48.5 Å². The van der Waals surface area contributed by atoms with E-state index < -0.39 is 0 Å². The molecule has 5 rings (SSSR count). The Morgan fingerprint density at radius 1 is 0.897 bits per heavy atom. The highest BCUT2D eigenvalue weighted by Gasteiger charge is 2.44. The van der Waals surface area contributed by atoms with Gasteiger partial charge in [0.15, 0.2) is 5.78 Å². The lowest BCUT2D eigenvalue weighted by atomic mass is 9.82. The molecule has 1 aliphatic carbocycles. The van der Waals surface area contributed by atoms with E-state index in [0.717, 1.165) is 70.3 Å². The van der Waals surface area contributed by atoms with Crippen molar-refractivity contribution in [1.29, 1.82) is 0 Å². The molecule has 2 amide bonds. The first-order valence-electron chi connectivity index (χ1n) is 14.4. The highest BCUT2D eigenvalue weighted by molar-refractivity contribution is 6.04. The number of nitrogens with zero attached hydrogens (tertiary/aromatic N) is 2. The van der Waals surface area contributed by atoms with Crippen LogP contribution in [0.2, 0.25) is 0 Å². The Balaban J connectivity index is 0.992. The van der Waals surface area contributed by atoms with E-state index >= 15 is 0 Å². The number of rotatable bonds is 8. The Morgan fingerprint density at radius 3 is 2.10 bits per heavy atom. The van der Waals surface area contributed by atoms with Crippen LogP contribution < -0.4 is 10.2 Å². The van der Waals surface area contributed by atoms with Crippen LogP contribution in [0.3, 0.4) is 0 Å². The topological polar surface area (TPSA) is 69.7 Å². The average Bonchev–Trinajstić information content (AvgIpc) is 2.96. The maximum absolute atomic E-state index is 13.2. The SMILES string of the molecule is CC1(C)CN(c2ccc(C(=O)NC3CCC(CCN4CCC(C(=O)c5ccc(F)cc5)CC4)CC3)cc2)C1=O. The second kappa shape index (κ2) is 11.6. The van der Waals surface area contributed by atoms with Gasteiger partial charge in [0, 0.05) is 35.3 Å². The zero-order valence-corrected chi connectivity index (χ0v) is 23.1. The highest BCUT2D eigenvalue weighted by atomic mass is 19.1. The number of hydrogen-bond acceptors (Lipinski definition) is 4. The van der Waals surface area contributed by atoms with E-state index in [0.29, 0.717) is 23.6 Å². The third-order valence-corrected chi connectivity index (χ3v) is 8.94. The molecule has 0 unspecified atom stereocenters. The minimum absolute atomic E-state index is 0.0346. The first-order valence-corrected chi connectivity index (χ1v) is 14.4. The summed E-state index contributed by atoms with van der Waals surface area (Å²) in [5, 5.41) is 3.21. The largest absolute Gasteiger partial charge is 0.349 e. The van der Waals surface area contributed by atoms with E-state index in [1.807, 2.05) is 38.1 Å². The molecule has 3 aliphatic rings. The Bertz CT molecular complexity index is 1180. The quantitative estimate of drug-likeness (QED) is 0.361. The van der Waals surface area contributed by atoms with Crippen molar-refractivity contribution in [2.45, 2.75) is 64.8 Å². The molecule has 0 radical (unpaired) electrons. The summed E-state index contributed by atoms with van der Waals surface area (Å²) in [6, 6.07) is 13.5. The second-order valence-electron chi connectivity index (χ2n) is 12.3. The molecule has 0 bridgehead atoms. The summed E-state index contributed by atoms with van der Waals surface area (Å²) in [6.45, 7) is 7.54. The Labute approximate surface area is 230 Å². The van der Waals surface area contributed by atoms with Gasteiger partial charge in [0.1, 0.15) is 5.82 Å². The predicted molar refractivity (Wildman–Crippen MR) is 150 cm³/mol. The summed E-state index contributed by atoms with van der Waals surface area (Å²) in [5.41, 5.74) is 1.80. The van der Waals surface area contributed by atoms with Gasteiger partial charge in [0.05, 0.1) is 5.41 Å². The molecule has 0 atom stereocenters. The van der Waals surface area contributed by atoms with Crippen molar-refractivity contribution < 1.29 is 18.8 Å². The van der Waals surface area contributed by atoms with Crippen molar-refractivity contribution >= 4 is 23.3 Å². The third-order valence-electron chi connectivity index (χ3n) is 8.94. The number of amides is 2. The standard InChI is InChI=1S/C32H40FN3O3/c1-32(2)21-36(31(32)39)28-13-7-25(8-14-28)30(38)34-27-11-3-22(4-12-27)15-18-35-19-16-24(17-20-35)29(37)23-5-9-26(33)10-6-23/h5-10,13-14,22,24,27H,3-4,11-12,15-21H2,1-2H3,(H,34,38). The lowest BCUT2D eigenvalue weighted by Crippen LogP contribution is -2.58. The van der Waals surface area contributed by atoms with E-state index in [4.69, 9.17) is 0 Å². The van der Waals surface area contributed by atoms with Crippen LogP contribution >= 0.6 is 0 Å². The number of anilines is 1. The molecule has 208 valence electrons. The molecule has 2 saturated heterocycles. The molecule has 2 aromatic rings. The van der Waals surface area contributed by atoms with E-state index in [1.54, 1.807) is 17.0 Å². The van der Waals surface area contributed by atoms with Crippen molar-refractivity contribution in [2.24, 2.45) is 17.3 Å². The zero-order chi connectivity index (χ0) is 27.6. The minimum atomic E-state index is -0.311. The first-order chi connectivity index (χ1) is 18.7. The van der Waals surface area contributed by atoms with Crippen molar-refractivity contribution in [2.75, 3.05) is 31.1 Å². The minimum Gasteiger partial charge on any atom is -0.349 e.